The van der Waals surface area contributed by atoms with Crippen molar-refractivity contribution in [1.82, 2.24) is 4.90 Å². The molecule has 0 radical (unpaired) electrons. The molecule has 1 fully saturated rings. The van der Waals surface area contributed by atoms with Crippen LogP contribution in [0.1, 0.15) is 6.42 Å². The Balaban J connectivity index is 1.57. The van der Waals surface area contributed by atoms with Crippen molar-refractivity contribution in [3.05, 3.63) is 24.3 Å². The van der Waals surface area contributed by atoms with Crippen molar-refractivity contribution >= 4 is 8.32 Å². The highest BCUT2D eigenvalue weighted by molar-refractivity contribution is 6.69. The van der Waals surface area contributed by atoms with Crippen LogP contribution in [0.5, 0.6) is 11.5 Å². The van der Waals surface area contributed by atoms with E-state index < -0.39 is 8.32 Å². The highest BCUT2D eigenvalue weighted by Gasteiger charge is 2.13. The van der Waals surface area contributed by atoms with Gasteiger partial charge >= 0.3 is 0 Å². The second kappa shape index (κ2) is 10.0. The molecule has 2 rings (SSSR count). The lowest BCUT2D eigenvalue weighted by atomic mass is 10.3. The summed E-state index contributed by atoms with van der Waals surface area (Å²) in [5.74, 6) is 1.75. The highest BCUT2D eigenvalue weighted by Crippen LogP contribution is 2.18. The number of hydrogen-bond acceptors (Lipinski definition) is 5. The van der Waals surface area contributed by atoms with Crippen LogP contribution in [0.4, 0.5) is 0 Å². The predicted molar refractivity (Wildman–Crippen MR) is 98.6 cm³/mol. The van der Waals surface area contributed by atoms with Gasteiger partial charge in [-0.15, -0.1) is 0 Å². The molecule has 24 heavy (non-hydrogen) atoms. The third-order valence-corrected chi connectivity index (χ3v) is 4.77. The molecule has 0 spiro atoms. The van der Waals surface area contributed by atoms with Crippen LogP contribution in [0.25, 0.3) is 0 Å². The molecule has 0 amide bonds. The minimum atomic E-state index is -1.45. The Morgan fingerprint density at radius 2 is 1.50 bits per heavy atom. The monoisotopic (exact) mass is 353 g/mol. The molecule has 136 valence electrons. The first-order chi connectivity index (χ1) is 11.5. The Kier molecular flexibility index (Phi) is 8.04. The summed E-state index contributed by atoms with van der Waals surface area (Å²) in [6.07, 6.45) is 1.03. The topological polar surface area (TPSA) is 40.2 Å². The fourth-order valence-corrected chi connectivity index (χ4v) is 3.14. The zero-order valence-corrected chi connectivity index (χ0v) is 16.3. The summed E-state index contributed by atoms with van der Waals surface area (Å²) < 4.78 is 22.6. The summed E-state index contributed by atoms with van der Waals surface area (Å²) in [4.78, 5) is 2.42. The van der Waals surface area contributed by atoms with Crippen LogP contribution in [0.2, 0.25) is 19.6 Å². The Morgan fingerprint density at radius 1 is 0.917 bits per heavy atom. The Morgan fingerprint density at radius 3 is 2.08 bits per heavy atom. The van der Waals surface area contributed by atoms with E-state index in [-0.39, 0.29) is 0 Å². The number of ether oxygens (including phenoxy) is 3. The molecule has 0 saturated carbocycles. The van der Waals surface area contributed by atoms with Crippen LogP contribution >= 0.6 is 0 Å². The van der Waals surface area contributed by atoms with Crippen LogP contribution in [0.15, 0.2) is 24.3 Å². The first-order valence-corrected chi connectivity index (χ1v) is 12.2. The lowest BCUT2D eigenvalue weighted by Gasteiger charge is -2.26. The molecular weight excluding hydrogens is 322 g/mol. The zero-order chi connectivity index (χ0) is 17.3. The second-order valence-corrected chi connectivity index (χ2v) is 11.5. The van der Waals surface area contributed by atoms with Crippen molar-refractivity contribution in [3.63, 3.8) is 0 Å². The third kappa shape index (κ3) is 8.15. The molecule has 0 N–H and O–H groups in total. The van der Waals surface area contributed by atoms with Gasteiger partial charge in [-0.05, 0) is 50.3 Å². The summed E-state index contributed by atoms with van der Waals surface area (Å²) in [5.41, 5.74) is 0. The molecule has 1 heterocycles. The van der Waals surface area contributed by atoms with Gasteiger partial charge in [-0.1, -0.05) is 0 Å². The first-order valence-electron chi connectivity index (χ1n) is 8.83. The summed E-state index contributed by atoms with van der Waals surface area (Å²) in [7, 11) is -1.45. The van der Waals surface area contributed by atoms with Gasteiger partial charge in [0.15, 0.2) is 8.32 Å². The van der Waals surface area contributed by atoms with E-state index in [9.17, 15) is 0 Å². The molecule has 1 aromatic carbocycles. The molecule has 0 aromatic heterocycles. The molecule has 1 saturated heterocycles. The van der Waals surface area contributed by atoms with E-state index in [1.54, 1.807) is 0 Å². The Hall–Kier alpha value is -1.08. The van der Waals surface area contributed by atoms with Gasteiger partial charge in [-0.2, -0.15) is 0 Å². The summed E-state index contributed by atoms with van der Waals surface area (Å²) in [6, 6.07) is 7.82. The summed E-state index contributed by atoms with van der Waals surface area (Å²) in [5, 5.41) is 0. The van der Waals surface area contributed by atoms with Gasteiger partial charge in [0.05, 0.1) is 26.4 Å². The SMILES string of the molecule is C[Si](C)(C)OCCOc1ccc(OCCCN2CCOCC2)cc1. The van der Waals surface area contributed by atoms with Gasteiger partial charge in [0, 0.05) is 19.6 Å². The van der Waals surface area contributed by atoms with Crippen molar-refractivity contribution < 1.29 is 18.6 Å². The standard InChI is InChI=1S/C18H31NO4Si/c1-24(2,3)23-16-15-22-18-7-5-17(6-8-18)21-12-4-9-19-10-13-20-14-11-19/h5-8H,4,9-16H2,1-3H3. The van der Waals surface area contributed by atoms with E-state index in [1.807, 2.05) is 24.3 Å². The molecule has 5 nitrogen and oxygen atoms in total. The molecule has 1 aliphatic heterocycles. The number of hydrogen-bond donors (Lipinski definition) is 0. The normalized spacial score (nSPS) is 16.1. The number of rotatable bonds is 10. The Bertz CT molecular complexity index is 455. The molecule has 0 bridgehead atoms. The first kappa shape index (κ1) is 19.2. The van der Waals surface area contributed by atoms with E-state index in [1.165, 1.54) is 0 Å². The number of benzene rings is 1. The lowest BCUT2D eigenvalue weighted by Crippen LogP contribution is -2.37. The fraction of sp³-hybridized carbons (Fsp3) is 0.667. The van der Waals surface area contributed by atoms with E-state index >= 15 is 0 Å². The Labute approximate surface area is 147 Å². The molecule has 0 unspecified atom stereocenters. The fourth-order valence-electron chi connectivity index (χ4n) is 2.44. The summed E-state index contributed by atoms with van der Waals surface area (Å²) >= 11 is 0. The maximum absolute atomic E-state index is 5.79. The van der Waals surface area contributed by atoms with Crippen molar-refractivity contribution in [2.75, 3.05) is 52.7 Å². The van der Waals surface area contributed by atoms with E-state index in [0.717, 1.165) is 57.4 Å². The van der Waals surface area contributed by atoms with E-state index in [2.05, 4.69) is 24.5 Å². The van der Waals surface area contributed by atoms with Crippen LogP contribution in [-0.4, -0.2) is 65.9 Å². The van der Waals surface area contributed by atoms with Gasteiger partial charge < -0.3 is 18.6 Å². The van der Waals surface area contributed by atoms with Gasteiger partial charge in [0.2, 0.25) is 0 Å². The second-order valence-electron chi connectivity index (χ2n) is 6.94. The molecule has 1 aliphatic rings. The minimum absolute atomic E-state index is 0.587. The quantitative estimate of drug-likeness (QED) is 0.478. The van der Waals surface area contributed by atoms with Crippen molar-refractivity contribution in [1.29, 1.82) is 0 Å². The lowest BCUT2D eigenvalue weighted by molar-refractivity contribution is 0.0358. The van der Waals surface area contributed by atoms with Gasteiger partial charge in [-0.25, -0.2) is 0 Å². The maximum Gasteiger partial charge on any atom is 0.183 e. The van der Waals surface area contributed by atoms with Gasteiger partial charge in [-0.3, -0.25) is 4.90 Å². The summed E-state index contributed by atoms with van der Waals surface area (Å²) in [6.45, 7) is 13.4. The zero-order valence-electron chi connectivity index (χ0n) is 15.3. The average Bonchev–Trinajstić information content (AvgIpc) is 2.57. The average molecular weight is 354 g/mol. The highest BCUT2D eigenvalue weighted by atomic mass is 28.4. The van der Waals surface area contributed by atoms with Crippen LogP contribution in [-0.2, 0) is 9.16 Å². The number of morpholine rings is 1. The van der Waals surface area contributed by atoms with E-state index in [4.69, 9.17) is 18.6 Å². The van der Waals surface area contributed by atoms with Crippen molar-refractivity contribution in [2.45, 2.75) is 26.1 Å². The molecule has 0 aliphatic carbocycles. The van der Waals surface area contributed by atoms with Crippen LogP contribution < -0.4 is 9.47 Å². The predicted octanol–water partition coefficient (Wildman–Crippen LogP) is 3.02. The van der Waals surface area contributed by atoms with Crippen molar-refractivity contribution in [2.24, 2.45) is 0 Å². The molecule has 1 aromatic rings. The molecule has 6 heteroatoms. The van der Waals surface area contributed by atoms with Crippen LogP contribution in [0, 0.1) is 0 Å². The van der Waals surface area contributed by atoms with Crippen LogP contribution in [0.3, 0.4) is 0 Å². The number of nitrogens with zero attached hydrogens (tertiary/aromatic N) is 1. The molecule has 0 atom stereocenters. The van der Waals surface area contributed by atoms with Crippen molar-refractivity contribution in [3.8, 4) is 11.5 Å². The third-order valence-electron chi connectivity index (χ3n) is 3.70. The maximum atomic E-state index is 5.79. The van der Waals surface area contributed by atoms with Gasteiger partial charge in [0.1, 0.15) is 18.1 Å². The molecular formula is C18H31NO4Si. The van der Waals surface area contributed by atoms with E-state index in [0.29, 0.717) is 13.2 Å². The minimum Gasteiger partial charge on any atom is -0.494 e. The smallest absolute Gasteiger partial charge is 0.183 e. The largest absolute Gasteiger partial charge is 0.494 e. The van der Waals surface area contributed by atoms with Gasteiger partial charge in [0.25, 0.3) is 0 Å².